The van der Waals surface area contributed by atoms with Crippen molar-refractivity contribution in [2.75, 3.05) is 32.4 Å². The summed E-state index contributed by atoms with van der Waals surface area (Å²) in [4.78, 5) is 16.6. The number of carbonyl (C=O) groups is 1. The summed E-state index contributed by atoms with van der Waals surface area (Å²) in [5.74, 6) is 0.327. The highest BCUT2D eigenvalue weighted by molar-refractivity contribution is 7.85. The number of hydrogen-bond donors (Lipinski definition) is 2. The Morgan fingerprint density at radius 3 is 2.58 bits per heavy atom. The van der Waals surface area contributed by atoms with Crippen molar-refractivity contribution < 1.29 is 22.2 Å². The first-order chi connectivity index (χ1) is 12.2. The van der Waals surface area contributed by atoms with Crippen LogP contribution in [0, 0.1) is 0 Å². The second kappa shape index (κ2) is 10.7. The molecule has 1 amide bonds. The number of rotatable bonds is 7. The van der Waals surface area contributed by atoms with E-state index in [4.69, 9.17) is 0 Å². The highest BCUT2D eigenvalue weighted by Crippen LogP contribution is 2.23. The summed E-state index contributed by atoms with van der Waals surface area (Å²) in [6.07, 6.45) is -0.868. The molecular formula is C16H29F3N4O2S. The van der Waals surface area contributed by atoms with Gasteiger partial charge in [-0.05, 0) is 26.2 Å². The summed E-state index contributed by atoms with van der Waals surface area (Å²) in [6, 6.07) is 0.0880. The minimum absolute atomic E-state index is 0.0880. The average Bonchev–Trinajstić information content (AvgIpc) is 2.57. The van der Waals surface area contributed by atoms with E-state index < -0.39 is 29.4 Å². The fourth-order valence-corrected chi connectivity index (χ4v) is 4.24. The molecule has 26 heavy (non-hydrogen) atoms. The Morgan fingerprint density at radius 1 is 1.31 bits per heavy atom. The number of halogens is 3. The maximum absolute atomic E-state index is 12.3. The molecule has 0 aromatic rings. The molecule has 1 aliphatic carbocycles. The van der Waals surface area contributed by atoms with Crippen LogP contribution in [0.25, 0.3) is 0 Å². The number of nitrogens with one attached hydrogen (secondary N) is 2. The molecule has 1 fully saturated rings. The van der Waals surface area contributed by atoms with Gasteiger partial charge >= 0.3 is 6.18 Å². The van der Waals surface area contributed by atoms with Crippen molar-refractivity contribution in [2.24, 2.45) is 4.99 Å². The van der Waals surface area contributed by atoms with Gasteiger partial charge in [-0.2, -0.15) is 13.2 Å². The number of hydrogen-bond acceptors (Lipinski definition) is 3. The van der Waals surface area contributed by atoms with Crippen molar-refractivity contribution in [1.82, 2.24) is 15.5 Å². The van der Waals surface area contributed by atoms with Gasteiger partial charge in [0.1, 0.15) is 13.1 Å². The fraction of sp³-hybridized carbons (Fsp3) is 0.875. The minimum atomic E-state index is -4.43. The third-order valence-electron chi connectivity index (χ3n) is 4.18. The lowest BCUT2D eigenvalue weighted by molar-refractivity contribution is -0.157. The summed E-state index contributed by atoms with van der Waals surface area (Å²) in [7, 11) is 0.261. The number of amides is 1. The zero-order valence-electron chi connectivity index (χ0n) is 15.6. The van der Waals surface area contributed by atoms with Crippen molar-refractivity contribution in [1.29, 1.82) is 0 Å². The normalized spacial score (nSPS) is 22.6. The van der Waals surface area contributed by atoms with Crippen molar-refractivity contribution in [3.05, 3.63) is 0 Å². The molecule has 0 heterocycles. The maximum Gasteiger partial charge on any atom is 0.406 e. The standard InChI is InChI=1S/C16H29F3N4O2S/c1-4-20-15(21-10-14(24)23(3)11-16(17,18)19)22-12-7-6-8-13(9-12)26(25)5-2/h12-13H,4-11H2,1-3H3,(H2,20,21,22). The fourth-order valence-electron chi connectivity index (χ4n) is 2.89. The average molecular weight is 398 g/mol. The molecule has 1 aliphatic rings. The van der Waals surface area contributed by atoms with Gasteiger partial charge < -0.3 is 15.5 Å². The van der Waals surface area contributed by atoms with Crippen LogP contribution in [-0.4, -0.2) is 70.9 Å². The molecule has 0 aromatic carbocycles. The second-order valence-corrected chi connectivity index (χ2v) is 8.36. The van der Waals surface area contributed by atoms with Crippen LogP contribution < -0.4 is 10.6 Å². The van der Waals surface area contributed by atoms with Crippen LogP contribution >= 0.6 is 0 Å². The molecular weight excluding hydrogens is 369 g/mol. The highest BCUT2D eigenvalue weighted by atomic mass is 32.2. The minimum Gasteiger partial charge on any atom is -0.357 e. The zero-order valence-corrected chi connectivity index (χ0v) is 16.4. The Labute approximate surface area is 155 Å². The quantitative estimate of drug-likeness (QED) is 0.505. The molecule has 0 radical (unpaired) electrons. The maximum atomic E-state index is 12.3. The molecule has 1 saturated carbocycles. The molecule has 1 rings (SSSR count). The topological polar surface area (TPSA) is 73.8 Å². The summed E-state index contributed by atoms with van der Waals surface area (Å²) in [6.45, 7) is 2.68. The van der Waals surface area contributed by atoms with Crippen molar-refractivity contribution >= 4 is 22.7 Å². The Bertz CT molecular complexity index is 514. The second-order valence-electron chi connectivity index (χ2n) is 6.36. The van der Waals surface area contributed by atoms with Gasteiger partial charge in [0, 0.05) is 41.4 Å². The predicted molar refractivity (Wildman–Crippen MR) is 97.5 cm³/mol. The molecule has 3 atom stereocenters. The van der Waals surface area contributed by atoms with Gasteiger partial charge in [-0.3, -0.25) is 9.00 Å². The van der Waals surface area contributed by atoms with Crippen LogP contribution in [0.15, 0.2) is 4.99 Å². The molecule has 0 aliphatic heterocycles. The lowest BCUT2D eigenvalue weighted by atomic mass is 9.95. The van der Waals surface area contributed by atoms with Crippen LogP contribution in [-0.2, 0) is 15.6 Å². The van der Waals surface area contributed by atoms with Crippen LogP contribution in [0.2, 0.25) is 0 Å². The van der Waals surface area contributed by atoms with Gasteiger partial charge in [-0.1, -0.05) is 13.3 Å². The van der Waals surface area contributed by atoms with E-state index in [1.165, 1.54) is 0 Å². The predicted octanol–water partition coefficient (Wildman–Crippen LogP) is 1.64. The van der Waals surface area contributed by atoms with Gasteiger partial charge in [0.05, 0.1) is 0 Å². The first kappa shape index (κ1) is 22.7. The Kier molecular flexibility index (Phi) is 9.38. The number of aliphatic imine (C=N–C) groups is 1. The highest BCUT2D eigenvalue weighted by Gasteiger charge is 2.31. The van der Waals surface area contributed by atoms with E-state index >= 15 is 0 Å². The summed E-state index contributed by atoms with van der Waals surface area (Å²) < 4.78 is 49.1. The summed E-state index contributed by atoms with van der Waals surface area (Å²) >= 11 is 0. The van der Waals surface area contributed by atoms with Crippen LogP contribution in [0.1, 0.15) is 39.5 Å². The van der Waals surface area contributed by atoms with Gasteiger partial charge in [0.15, 0.2) is 5.96 Å². The molecule has 2 N–H and O–H groups in total. The molecule has 6 nitrogen and oxygen atoms in total. The van der Waals surface area contributed by atoms with Crippen LogP contribution in [0.3, 0.4) is 0 Å². The molecule has 0 bridgehead atoms. The third kappa shape index (κ3) is 8.37. The van der Waals surface area contributed by atoms with E-state index in [-0.39, 0.29) is 17.8 Å². The van der Waals surface area contributed by atoms with Crippen LogP contribution in [0.5, 0.6) is 0 Å². The smallest absolute Gasteiger partial charge is 0.357 e. The number of nitrogens with zero attached hydrogens (tertiary/aromatic N) is 2. The van der Waals surface area contributed by atoms with E-state index in [1.54, 1.807) is 0 Å². The molecule has 152 valence electrons. The molecule has 0 spiro atoms. The van der Waals surface area contributed by atoms with Crippen molar-refractivity contribution in [2.45, 2.75) is 57.0 Å². The number of carbonyl (C=O) groups excluding carboxylic acids is 1. The van der Waals surface area contributed by atoms with Gasteiger partial charge in [0.2, 0.25) is 5.91 Å². The van der Waals surface area contributed by atoms with E-state index in [2.05, 4.69) is 15.6 Å². The van der Waals surface area contributed by atoms with E-state index in [1.807, 2.05) is 13.8 Å². The SMILES string of the molecule is CCNC(=NCC(=O)N(C)CC(F)(F)F)NC1CCCC(S(=O)CC)C1. The Balaban J connectivity index is 2.62. The molecule has 0 saturated heterocycles. The van der Waals surface area contributed by atoms with Gasteiger partial charge in [-0.15, -0.1) is 0 Å². The van der Waals surface area contributed by atoms with Crippen molar-refractivity contribution in [3.63, 3.8) is 0 Å². The first-order valence-electron chi connectivity index (χ1n) is 8.89. The zero-order chi connectivity index (χ0) is 19.7. The summed E-state index contributed by atoms with van der Waals surface area (Å²) in [5, 5.41) is 6.37. The van der Waals surface area contributed by atoms with Crippen LogP contribution in [0.4, 0.5) is 13.2 Å². The Hall–Kier alpha value is -1.32. The van der Waals surface area contributed by atoms with E-state index in [9.17, 15) is 22.2 Å². The van der Waals surface area contributed by atoms with E-state index in [0.717, 1.165) is 32.7 Å². The first-order valence-corrected chi connectivity index (χ1v) is 10.3. The molecule has 10 heteroatoms. The molecule has 0 aromatic heterocycles. The van der Waals surface area contributed by atoms with Gasteiger partial charge in [0.25, 0.3) is 0 Å². The lowest BCUT2D eigenvalue weighted by Crippen LogP contribution is -2.47. The number of alkyl halides is 3. The number of guanidine groups is 1. The summed E-state index contributed by atoms with van der Waals surface area (Å²) in [5.41, 5.74) is 0. The third-order valence-corrected chi connectivity index (χ3v) is 5.92. The van der Waals surface area contributed by atoms with Gasteiger partial charge in [-0.25, -0.2) is 4.99 Å². The largest absolute Gasteiger partial charge is 0.406 e. The Morgan fingerprint density at radius 2 is 2.00 bits per heavy atom. The lowest BCUT2D eigenvalue weighted by Gasteiger charge is -2.30. The number of likely N-dealkylation sites (N-methyl/N-ethyl adjacent to an activating group) is 1. The molecule has 3 unspecified atom stereocenters. The van der Waals surface area contributed by atoms with Crippen molar-refractivity contribution in [3.8, 4) is 0 Å². The van der Waals surface area contributed by atoms with E-state index in [0.29, 0.717) is 23.2 Å². The monoisotopic (exact) mass is 398 g/mol.